The molecule has 0 spiro atoms. The highest BCUT2D eigenvalue weighted by atomic mass is 79.9. The first-order valence-corrected chi connectivity index (χ1v) is 4.91. The number of hydrogen-bond acceptors (Lipinski definition) is 3. The van der Waals surface area contributed by atoms with Gasteiger partial charge in [0.2, 0.25) is 12.3 Å². The Bertz CT molecular complexity index is 496. The third-order valence-corrected chi connectivity index (χ3v) is 2.37. The highest BCUT2D eigenvalue weighted by molar-refractivity contribution is 9.10. The van der Waals surface area contributed by atoms with Gasteiger partial charge in [-0.15, -0.1) is 10.2 Å². The van der Waals surface area contributed by atoms with Crippen molar-refractivity contribution < 1.29 is 17.6 Å². The lowest BCUT2D eigenvalue weighted by molar-refractivity contribution is -0.137. The number of hydrogen-bond donors (Lipinski definition) is 0. The fourth-order valence-corrected chi connectivity index (χ4v) is 1.59. The summed E-state index contributed by atoms with van der Waals surface area (Å²) in [6.45, 7) is 0. The highest BCUT2D eigenvalue weighted by Gasteiger charge is 2.34. The highest BCUT2D eigenvalue weighted by Crippen LogP contribution is 2.37. The quantitative estimate of drug-likeness (QED) is 0.807. The summed E-state index contributed by atoms with van der Waals surface area (Å²) < 4.78 is 43.3. The molecule has 0 N–H and O–H groups in total. The SMILES string of the molecule is FC(F)(F)c1ccc(Br)cc1-c1nnco1. The van der Waals surface area contributed by atoms with Gasteiger partial charge in [0.15, 0.2) is 0 Å². The maximum Gasteiger partial charge on any atom is 0.417 e. The van der Waals surface area contributed by atoms with E-state index in [9.17, 15) is 13.2 Å². The summed E-state index contributed by atoms with van der Waals surface area (Å²) in [5.41, 5.74) is -0.945. The number of nitrogens with zero attached hydrogens (tertiary/aromatic N) is 2. The van der Waals surface area contributed by atoms with E-state index in [1.54, 1.807) is 0 Å². The summed E-state index contributed by atoms with van der Waals surface area (Å²) in [7, 11) is 0. The molecular weight excluding hydrogens is 289 g/mol. The molecule has 3 nitrogen and oxygen atoms in total. The Morgan fingerprint density at radius 2 is 2.00 bits per heavy atom. The van der Waals surface area contributed by atoms with E-state index in [0.717, 1.165) is 12.5 Å². The molecule has 1 heterocycles. The molecule has 0 unspecified atom stereocenters. The van der Waals surface area contributed by atoms with Crippen LogP contribution in [0.1, 0.15) is 5.56 Å². The van der Waals surface area contributed by atoms with Gasteiger partial charge in [-0.25, -0.2) is 0 Å². The van der Waals surface area contributed by atoms with Crippen LogP contribution in [0.2, 0.25) is 0 Å². The molecule has 1 aromatic carbocycles. The first-order valence-electron chi connectivity index (χ1n) is 4.12. The van der Waals surface area contributed by atoms with E-state index in [1.165, 1.54) is 12.1 Å². The van der Waals surface area contributed by atoms with Crippen LogP contribution in [0, 0.1) is 0 Å². The topological polar surface area (TPSA) is 38.9 Å². The van der Waals surface area contributed by atoms with Crippen LogP contribution in [0.25, 0.3) is 11.5 Å². The minimum Gasteiger partial charge on any atom is -0.423 e. The number of alkyl halides is 3. The minimum atomic E-state index is -4.45. The van der Waals surface area contributed by atoms with Gasteiger partial charge in [-0.05, 0) is 18.2 Å². The van der Waals surface area contributed by atoms with Gasteiger partial charge in [0.25, 0.3) is 0 Å². The van der Waals surface area contributed by atoms with Gasteiger partial charge in [0.05, 0.1) is 11.1 Å². The van der Waals surface area contributed by atoms with Crippen molar-refractivity contribution in [3.05, 3.63) is 34.6 Å². The van der Waals surface area contributed by atoms with E-state index >= 15 is 0 Å². The molecule has 84 valence electrons. The van der Waals surface area contributed by atoms with Crippen molar-refractivity contribution in [3.63, 3.8) is 0 Å². The monoisotopic (exact) mass is 292 g/mol. The lowest BCUT2D eigenvalue weighted by Crippen LogP contribution is -2.07. The molecule has 16 heavy (non-hydrogen) atoms. The van der Waals surface area contributed by atoms with Crippen molar-refractivity contribution in [1.29, 1.82) is 0 Å². The molecule has 2 aromatic rings. The summed E-state index contributed by atoms with van der Waals surface area (Å²) in [5.74, 6) is -0.159. The summed E-state index contributed by atoms with van der Waals surface area (Å²) in [6.07, 6.45) is -3.47. The lowest BCUT2D eigenvalue weighted by Gasteiger charge is -2.10. The summed E-state index contributed by atoms with van der Waals surface area (Å²) in [6, 6.07) is 3.56. The van der Waals surface area contributed by atoms with E-state index in [0.29, 0.717) is 4.47 Å². The van der Waals surface area contributed by atoms with Gasteiger partial charge in [-0.3, -0.25) is 0 Å². The van der Waals surface area contributed by atoms with E-state index in [-0.39, 0.29) is 11.5 Å². The second-order valence-electron chi connectivity index (χ2n) is 2.93. The van der Waals surface area contributed by atoms with E-state index < -0.39 is 11.7 Å². The second kappa shape index (κ2) is 3.89. The van der Waals surface area contributed by atoms with Crippen molar-refractivity contribution in [2.45, 2.75) is 6.18 Å². The summed E-state index contributed by atoms with van der Waals surface area (Å²) in [4.78, 5) is 0. The molecule has 0 saturated heterocycles. The molecule has 0 fully saturated rings. The maximum atomic E-state index is 12.7. The predicted octanol–water partition coefficient (Wildman–Crippen LogP) is 3.52. The Kier molecular flexibility index (Phi) is 2.71. The van der Waals surface area contributed by atoms with Crippen LogP contribution in [0.5, 0.6) is 0 Å². The Morgan fingerprint density at radius 3 is 2.56 bits per heavy atom. The van der Waals surface area contributed by atoms with Gasteiger partial charge in [0, 0.05) is 4.47 Å². The van der Waals surface area contributed by atoms with Crippen LogP contribution in [-0.2, 0) is 6.18 Å². The summed E-state index contributed by atoms with van der Waals surface area (Å²) >= 11 is 3.09. The number of rotatable bonds is 1. The van der Waals surface area contributed by atoms with Crippen LogP contribution in [-0.4, -0.2) is 10.2 Å². The molecule has 0 atom stereocenters. The zero-order chi connectivity index (χ0) is 11.8. The Morgan fingerprint density at radius 1 is 1.25 bits per heavy atom. The molecule has 0 bridgehead atoms. The normalized spacial score (nSPS) is 11.8. The standard InChI is InChI=1S/C9H4BrF3N2O/c10-5-1-2-7(9(11,12)13)6(3-5)8-15-14-4-16-8/h1-4H. The molecule has 0 aliphatic rings. The van der Waals surface area contributed by atoms with Crippen molar-refractivity contribution in [3.8, 4) is 11.5 Å². The fraction of sp³-hybridized carbons (Fsp3) is 0.111. The Labute approximate surface area is 96.4 Å². The Hall–Kier alpha value is -1.37. The molecule has 0 radical (unpaired) electrons. The second-order valence-corrected chi connectivity index (χ2v) is 3.85. The zero-order valence-corrected chi connectivity index (χ0v) is 9.21. The first kappa shape index (κ1) is 11.1. The molecule has 0 amide bonds. The number of halogens is 4. The van der Waals surface area contributed by atoms with Crippen molar-refractivity contribution in [1.82, 2.24) is 10.2 Å². The molecule has 7 heteroatoms. The van der Waals surface area contributed by atoms with Crippen LogP contribution in [0.4, 0.5) is 13.2 Å². The van der Waals surface area contributed by atoms with Gasteiger partial charge in [0.1, 0.15) is 0 Å². The number of aromatic nitrogens is 2. The zero-order valence-electron chi connectivity index (χ0n) is 7.62. The van der Waals surface area contributed by atoms with E-state index in [4.69, 9.17) is 4.42 Å². The van der Waals surface area contributed by atoms with Gasteiger partial charge in [-0.1, -0.05) is 15.9 Å². The predicted molar refractivity (Wildman–Crippen MR) is 52.4 cm³/mol. The van der Waals surface area contributed by atoms with Crippen LogP contribution >= 0.6 is 15.9 Å². The van der Waals surface area contributed by atoms with Crippen molar-refractivity contribution >= 4 is 15.9 Å². The number of benzene rings is 1. The lowest BCUT2D eigenvalue weighted by atomic mass is 10.1. The van der Waals surface area contributed by atoms with Crippen LogP contribution in [0.15, 0.2) is 33.5 Å². The maximum absolute atomic E-state index is 12.7. The summed E-state index contributed by atoms with van der Waals surface area (Å²) in [5, 5.41) is 6.82. The molecule has 1 aromatic heterocycles. The third kappa shape index (κ3) is 2.08. The molecular formula is C9H4BrF3N2O. The van der Waals surface area contributed by atoms with Crippen LogP contribution in [0.3, 0.4) is 0 Å². The van der Waals surface area contributed by atoms with Gasteiger partial charge < -0.3 is 4.42 Å². The van der Waals surface area contributed by atoms with E-state index in [2.05, 4.69) is 26.1 Å². The average Bonchev–Trinajstić information content (AvgIpc) is 2.68. The smallest absolute Gasteiger partial charge is 0.417 e. The van der Waals surface area contributed by atoms with Gasteiger partial charge in [-0.2, -0.15) is 13.2 Å². The van der Waals surface area contributed by atoms with Crippen LogP contribution < -0.4 is 0 Å². The fourth-order valence-electron chi connectivity index (χ4n) is 1.23. The molecule has 0 saturated carbocycles. The van der Waals surface area contributed by atoms with Gasteiger partial charge >= 0.3 is 6.18 Å². The van der Waals surface area contributed by atoms with Crippen molar-refractivity contribution in [2.75, 3.05) is 0 Å². The first-order chi connectivity index (χ1) is 7.48. The van der Waals surface area contributed by atoms with E-state index in [1.807, 2.05) is 0 Å². The van der Waals surface area contributed by atoms with Crippen molar-refractivity contribution in [2.24, 2.45) is 0 Å². The third-order valence-electron chi connectivity index (χ3n) is 1.88. The average molecular weight is 293 g/mol. The molecule has 2 rings (SSSR count). The largest absolute Gasteiger partial charge is 0.423 e. The Balaban J connectivity index is 2.63. The molecule has 0 aliphatic carbocycles. The minimum absolute atomic E-state index is 0.139. The molecule has 0 aliphatic heterocycles.